The van der Waals surface area contributed by atoms with Crippen LogP contribution in [-0.4, -0.2) is 10.7 Å². The summed E-state index contributed by atoms with van der Waals surface area (Å²) in [6, 6.07) is 18.9. The first kappa shape index (κ1) is 15.5. The highest BCUT2D eigenvalue weighted by atomic mass is 35.5. The van der Waals surface area contributed by atoms with Crippen molar-refractivity contribution in [1.82, 2.24) is 4.98 Å². The van der Waals surface area contributed by atoms with Gasteiger partial charge in [0.15, 0.2) is 0 Å². The SMILES string of the molecule is Clc1ccc(Cl)c(N/N=C(\c2ccccc2)c2cccnc2)c1. The van der Waals surface area contributed by atoms with Gasteiger partial charge >= 0.3 is 0 Å². The Labute approximate surface area is 144 Å². The number of nitrogens with one attached hydrogen (secondary N) is 1. The summed E-state index contributed by atoms with van der Waals surface area (Å²) in [6.07, 6.45) is 3.50. The van der Waals surface area contributed by atoms with Gasteiger partial charge in [-0.3, -0.25) is 10.4 Å². The molecule has 0 aliphatic carbocycles. The van der Waals surface area contributed by atoms with Gasteiger partial charge in [0, 0.05) is 28.5 Å². The molecular formula is C18H13Cl2N3. The molecule has 1 heterocycles. The van der Waals surface area contributed by atoms with Gasteiger partial charge in [-0.15, -0.1) is 0 Å². The molecule has 0 spiro atoms. The average molecular weight is 342 g/mol. The molecule has 3 nitrogen and oxygen atoms in total. The second-order valence-electron chi connectivity index (χ2n) is 4.80. The van der Waals surface area contributed by atoms with E-state index in [0.29, 0.717) is 15.7 Å². The number of hydrogen-bond acceptors (Lipinski definition) is 3. The van der Waals surface area contributed by atoms with Crippen LogP contribution in [0.25, 0.3) is 0 Å². The monoisotopic (exact) mass is 341 g/mol. The predicted octanol–water partition coefficient (Wildman–Crippen LogP) is 5.25. The molecule has 0 bridgehead atoms. The largest absolute Gasteiger partial charge is 0.276 e. The van der Waals surface area contributed by atoms with Crippen LogP contribution in [0.1, 0.15) is 11.1 Å². The van der Waals surface area contributed by atoms with Crippen molar-refractivity contribution in [2.24, 2.45) is 5.10 Å². The van der Waals surface area contributed by atoms with Gasteiger partial charge in [0.25, 0.3) is 0 Å². The summed E-state index contributed by atoms with van der Waals surface area (Å²) in [5, 5.41) is 5.66. The fraction of sp³-hybridized carbons (Fsp3) is 0. The Kier molecular flexibility index (Phi) is 4.91. The zero-order valence-electron chi connectivity index (χ0n) is 12.1. The summed E-state index contributed by atoms with van der Waals surface area (Å²) in [7, 11) is 0. The zero-order chi connectivity index (χ0) is 16.1. The van der Waals surface area contributed by atoms with E-state index in [9.17, 15) is 0 Å². The summed E-state index contributed by atoms with van der Waals surface area (Å²) in [6.45, 7) is 0. The van der Waals surface area contributed by atoms with E-state index in [2.05, 4.69) is 15.5 Å². The fourth-order valence-corrected chi connectivity index (χ4v) is 2.43. The fourth-order valence-electron chi connectivity index (χ4n) is 2.09. The molecule has 0 saturated heterocycles. The molecule has 0 aliphatic rings. The maximum Gasteiger partial charge on any atom is 0.0993 e. The van der Waals surface area contributed by atoms with Crippen molar-refractivity contribution in [3.05, 3.63) is 94.2 Å². The Morgan fingerprint density at radius 1 is 0.913 bits per heavy atom. The highest BCUT2D eigenvalue weighted by Gasteiger charge is 2.08. The highest BCUT2D eigenvalue weighted by molar-refractivity contribution is 6.35. The predicted molar refractivity (Wildman–Crippen MR) is 96.4 cm³/mol. The van der Waals surface area contributed by atoms with Gasteiger partial charge < -0.3 is 0 Å². The molecule has 0 unspecified atom stereocenters. The first-order valence-corrected chi connectivity index (χ1v) is 7.74. The molecule has 0 fully saturated rings. The lowest BCUT2D eigenvalue weighted by Gasteiger charge is -2.09. The van der Waals surface area contributed by atoms with Crippen LogP contribution in [0, 0.1) is 0 Å². The molecule has 3 aromatic rings. The van der Waals surface area contributed by atoms with Crippen molar-refractivity contribution in [1.29, 1.82) is 0 Å². The van der Waals surface area contributed by atoms with Crippen molar-refractivity contribution < 1.29 is 0 Å². The van der Waals surface area contributed by atoms with Crippen molar-refractivity contribution in [2.75, 3.05) is 5.43 Å². The van der Waals surface area contributed by atoms with Gasteiger partial charge in [-0.1, -0.05) is 53.5 Å². The quantitative estimate of drug-likeness (QED) is 0.519. The number of benzene rings is 2. The van der Waals surface area contributed by atoms with Crippen LogP contribution < -0.4 is 5.43 Å². The molecule has 1 aromatic heterocycles. The molecule has 0 atom stereocenters. The van der Waals surface area contributed by atoms with E-state index in [1.165, 1.54) is 0 Å². The number of hydrogen-bond donors (Lipinski definition) is 1. The van der Waals surface area contributed by atoms with Gasteiger partial charge in [-0.2, -0.15) is 5.10 Å². The van der Waals surface area contributed by atoms with E-state index in [-0.39, 0.29) is 0 Å². The summed E-state index contributed by atoms with van der Waals surface area (Å²) >= 11 is 12.2. The molecule has 0 radical (unpaired) electrons. The van der Waals surface area contributed by atoms with Crippen LogP contribution in [0.15, 0.2) is 78.2 Å². The Hall–Kier alpha value is -2.36. The molecule has 0 amide bonds. The third-order valence-corrected chi connectivity index (χ3v) is 3.76. The second kappa shape index (κ2) is 7.27. The highest BCUT2D eigenvalue weighted by Crippen LogP contribution is 2.25. The maximum absolute atomic E-state index is 6.17. The minimum absolute atomic E-state index is 0.553. The Bertz CT molecular complexity index is 777. The standard InChI is InChI=1S/C18H13Cl2N3/c19-15-8-9-16(20)17(11-15)22-23-18(13-5-2-1-3-6-13)14-7-4-10-21-12-14/h1-12,22H/b23-18+. The van der Waals surface area contributed by atoms with E-state index in [1.807, 2.05) is 42.5 Å². The molecule has 3 rings (SSSR count). The van der Waals surface area contributed by atoms with Crippen LogP contribution in [0.3, 0.4) is 0 Å². The smallest absolute Gasteiger partial charge is 0.0993 e. The second-order valence-corrected chi connectivity index (χ2v) is 5.65. The Morgan fingerprint density at radius 3 is 2.43 bits per heavy atom. The lowest BCUT2D eigenvalue weighted by Crippen LogP contribution is -2.07. The van der Waals surface area contributed by atoms with Gasteiger partial charge in [0.05, 0.1) is 16.4 Å². The van der Waals surface area contributed by atoms with Crippen LogP contribution in [0.4, 0.5) is 5.69 Å². The van der Waals surface area contributed by atoms with Crippen LogP contribution in [0.5, 0.6) is 0 Å². The molecule has 0 saturated carbocycles. The van der Waals surface area contributed by atoms with Gasteiger partial charge in [0.2, 0.25) is 0 Å². The third kappa shape index (κ3) is 3.89. The first-order chi connectivity index (χ1) is 11.2. The Morgan fingerprint density at radius 2 is 1.70 bits per heavy atom. The lowest BCUT2D eigenvalue weighted by molar-refractivity contribution is 1.29. The topological polar surface area (TPSA) is 37.3 Å². The first-order valence-electron chi connectivity index (χ1n) is 6.98. The van der Waals surface area contributed by atoms with Gasteiger partial charge in [-0.05, 0) is 30.3 Å². The average Bonchev–Trinajstić information content (AvgIpc) is 2.60. The minimum Gasteiger partial charge on any atom is -0.276 e. The number of rotatable bonds is 4. The van der Waals surface area contributed by atoms with E-state index < -0.39 is 0 Å². The van der Waals surface area contributed by atoms with E-state index in [4.69, 9.17) is 23.2 Å². The van der Waals surface area contributed by atoms with Gasteiger partial charge in [0.1, 0.15) is 0 Å². The molecule has 1 N–H and O–H groups in total. The maximum atomic E-state index is 6.17. The third-order valence-electron chi connectivity index (χ3n) is 3.20. The summed E-state index contributed by atoms with van der Waals surface area (Å²) in [4.78, 5) is 4.16. The van der Waals surface area contributed by atoms with Crippen LogP contribution in [-0.2, 0) is 0 Å². The van der Waals surface area contributed by atoms with E-state index in [0.717, 1.165) is 16.8 Å². The van der Waals surface area contributed by atoms with Crippen LogP contribution in [0.2, 0.25) is 10.0 Å². The van der Waals surface area contributed by atoms with Crippen molar-refractivity contribution in [3.8, 4) is 0 Å². The van der Waals surface area contributed by atoms with E-state index in [1.54, 1.807) is 30.6 Å². The summed E-state index contributed by atoms with van der Waals surface area (Å²) in [5.41, 5.74) is 6.30. The van der Waals surface area contributed by atoms with E-state index >= 15 is 0 Å². The summed E-state index contributed by atoms with van der Waals surface area (Å²) < 4.78 is 0. The molecule has 2 aromatic carbocycles. The normalized spacial score (nSPS) is 11.3. The number of aromatic nitrogens is 1. The van der Waals surface area contributed by atoms with Crippen LogP contribution >= 0.6 is 23.2 Å². The summed E-state index contributed by atoms with van der Waals surface area (Å²) in [5.74, 6) is 0. The van der Waals surface area contributed by atoms with Gasteiger partial charge in [-0.25, -0.2) is 0 Å². The molecular weight excluding hydrogens is 329 g/mol. The van der Waals surface area contributed by atoms with Crippen molar-refractivity contribution in [2.45, 2.75) is 0 Å². The molecule has 5 heteroatoms. The Balaban J connectivity index is 2.00. The minimum atomic E-state index is 0.553. The van der Waals surface area contributed by atoms with Crippen molar-refractivity contribution in [3.63, 3.8) is 0 Å². The number of nitrogens with zero attached hydrogens (tertiary/aromatic N) is 2. The number of anilines is 1. The molecule has 23 heavy (non-hydrogen) atoms. The molecule has 0 aliphatic heterocycles. The number of pyridine rings is 1. The lowest BCUT2D eigenvalue weighted by atomic mass is 10.0. The number of hydrazone groups is 1. The zero-order valence-corrected chi connectivity index (χ0v) is 13.6. The number of halogens is 2. The molecule has 114 valence electrons. The van der Waals surface area contributed by atoms with Crippen molar-refractivity contribution >= 4 is 34.6 Å².